The Morgan fingerprint density at radius 2 is 2.04 bits per heavy atom. The molecular formula is C20H23N5O2. The van der Waals surface area contributed by atoms with Crippen molar-refractivity contribution in [1.29, 1.82) is 0 Å². The zero-order chi connectivity index (χ0) is 18.8. The molecule has 27 heavy (non-hydrogen) atoms. The Balaban J connectivity index is 1.41. The van der Waals surface area contributed by atoms with Gasteiger partial charge in [0.15, 0.2) is 11.5 Å². The van der Waals surface area contributed by atoms with Crippen molar-refractivity contribution in [2.24, 2.45) is 0 Å². The van der Waals surface area contributed by atoms with Crippen LogP contribution in [-0.2, 0) is 4.74 Å². The van der Waals surface area contributed by atoms with E-state index in [4.69, 9.17) is 9.72 Å². The zero-order valence-corrected chi connectivity index (χ0v) is 15.6. The van der Waals surface area contributed by atoms with Gasteiger partial charge in [-0.1, -0.05) is 6.07 Å². The van der Waals surface area contributed by atoms with E-state index in [0.717, 1.165) is 48.6 Å². The molecule has 0 radical (unpaired) electrons. The standard InChI is InChI=1S/C20H23N5O2/c1-3-27-20(26)16-6-7-18(24-23-16)25-10-8-14(9-11-25)19-21-15-5-4-13(2)12-17(15)22-19/h4-7,12,14H,3,8-11H2,1-2H3,(H,21,22). The molecule has 2 aromatic heterocycles. The predicted molar refractivity (Wildman–Crippen MR) is 103 cm³/mol. The first-order chi connectivity index (χ1) is 13.1. The number of aryl methyl sites for hydroxylation is 1. The summed E-state index contributed by atoms with van der Waals surface area (Å²) in [7, 11) is 0. The topological polar surface area (TPSA) is 84.0 Å². The van der Waals surface area contributed by atoms with Gasteiger partial charge in [-0.05, 0) is 56.5 Å². The summed E-state index contributed by atoms with van der Waals surface area (Å²) in [5, 5.41) is 8.20. The maximum Gasteiger partial charge on any atom is 0.358 e. The Hall–Kier alpha value is -2.96. The van der Waals surface area contributed by atoms with Gasteiger partial charge >= 0.3 is 5.97 Å². The van der Waals surface area contributed by atoms with Crippen molar-refractivity contribution in [3.05, 3.63) is 47.4 Å². The number of H-pyrrole nitrogens is 1. The predicted octanol–water partition coefficient (Wildman–Crippen LogP) is 3.22. The highest BCUT2D eigenvalue weighted by atomic mass is 16.5. The van der Waals surface area contributed by atoms with Gasteiger partial charge in [-0.3, -0.25) is 0 Å². The van der Waals surface area contributed by atoms with E-state index < -0.39 is 5.97 Å². The van der Waals surface area contributed by atoms with Crippen LogP contribution in [0.2, 0.25) is 0 Å². The fourth-order valence-electron chi connectivity index (χ4n) is 3.53. The number of carbonyl (C=O) groups is 1. The Bertz CT molecular complexity index is 943. The monoisotopic (exact) mass is 365 g/mol. The minimum absolute atomic E-state index is 0.244. The number of nitrogens with zero attached hydrogens (tertiary/aromatic N) is 4. The third-order valence-corrected chi connectivity index (χ3v) is 5.00. The number of hydrogen-bond donors (Lipinski definition) is 1. The molecular weight excluding hydrogens is 342 g/mol. The number of benzene rings is 1. The van der Waals surface area contributed by atoms with Crippen LogP contribution in [-0.4, -0.2) is 45.8 Å². The quantitative estimate of drug-likeness (QED) is 0.715. The van der Waals surface area contributed by atoms with Crippen molar-refractivity contribution in [2.45, 2.75) is 32.6 Å². The number of esters is 1. The second kappa shape index (κ2) is 7.34. The van der Waals surface area contributed by atoms with E-state index in [1.165, 1.54) is 5.56 Å². The van der Waals surface area contributed by atoms with E-state index in [1.807, 2.05) is 6.07 Å². The first-order valence-electron chi connectivity index (χ1n) is 9.36. The second-order valence-corrected chi connectivity index (χ2v) is 6.90. The maximum absolute atomic E-state index is 11.7. The van der Waals surface area contributed by atoms with E-state index >= 15 is 0 Å². The molecule has 0 unspecified atom stereocenters. The Morgan fingerprint density at radius 1 is 1.22 bits per heavy atom. The van der Waals surface area contributed by atoms with E-state index in [-0.39, 0.29) is 5.69 Å². The van der Waals surface area contributed by atoms with Crippen LogP contribution >= 0.6 is 0 Å². The molecule has 1 aliphatic heterocycles. The number of aromatic nitrogens is 4. The molecule has 0 spiro atoms. The van der Waals surface area contributed by atoms with Gasteiger partial charge in [0, 0.05) is 19.0 Å². The van der Waals surface area contributed by atoms with Gasteiger partial charge < -0.3 is 14.6 Å². The number of nitrogens with one attached hydrogen (secondary N) is 1. The number of hydrogen-bond acceptors (Lipinski definition) is 6. The molecule has 0 amide bonds. The van der Waals surface area contributed by atoms with E-state index in [1.54, 1.807) is 13.0 Å². The highest BCUT2D eigenvalue weighted by molar-refractivity contribution is 5.87. The van der Waals surface area contributed by atoms with Gasteiger partial charge in [0.2, 0.25) is 0 Å². The van der Waals surface area contributed by atoms with Crippen LogP contribution in [0.3, 0.4) is 0 Å². The van der Waals surface area contributed by atoms with Gasteiger partial charge in [0.05, 0.1) is 17.6 Å². The molecule has 0 aliphatic carbocycles. The lowest BCUT2D eigenvalue weighted by molar-refractivity contribution is 0.0518. The molecule has 0 bridgehead atoms. The molecule has 1 aliphatic rings. The lowest BCUT2D eigenvalue weighted by Crippen LogP contribution is -2.34. The largest absolute Gasteiger partial charge is 0.461 e. The fraction of sp³-hybridized carbons (Fsp3) is 0.400. The van der Waals surface area contributed by atoms with Crippen LogP contribution in [0.1, 0.15) is 47.6 Å². The van der Waals surface area contributed by atoms with Crippen LogP contribution in [0.4, 0.5) is 5.82 Å². The summed E-state index contributed by atoms with van der Waals surface area (Å²) in [4.78, 5) is 22.1. The average molecular weight is 365 g/mol. The Labute approximate surface area is 157 Å². The molecule has 3 aromatic rings. The molecule has 4 rings (SSSR count). The number of carbonyl (C=O) groups excluding carboxylic acids is 1. The van der Waals surface area contributed by atoms with Crippen molar-refractivity contribution in [2.75, 3.05) is 24.6 Å². The molecule has 7 nitrogen and oxygen atoms in total. The molecule has 1 saturated heterocycles. The van der Waals surface area contributed by atoms with Crippen molar-refractivity contribution >= 4 is 22.8 Å². The van der Waals surface area contributed by atoms with Gasteiger partial charge in [-0.25, -0.2) is 9.78 Å². The highest BCUT2D eigenvalue weighted by Gasteiger charge is 2.24. The van der Waals surface area contributed by atoms with Gasteiger partial charge in [0.1, 0.15) is 5.82 Å². The van der Waals surface area contributed by atoms with Crippen molar-refractivity contribution in [3.63, 3.8) is 0 Å². The molecule has 0 saturated carbocycles. The van der Waals surface area contributed by atoms with Crippen LogP contribution < -0.4 is 4.90 Å². The molecule has 7 heteroatoms. The molecule has 0 atom stereocenters. The summed E-state index contributed by atoms with van der Waals surface area (Å²) < 4.78 is 4.94. The Morgan fingerprint density at radius 3 is 2.74 bits per heavy atom. The first kappa shape index (κ1) is 17.5. The molecule has 140 valence electrons. The van der Waals surface area contributed by atoms with E-state index in [0.29, 0.717) is 12.5 Å². The average Bonchev–Trinajstić information content (AvgIpc) is 3.11. The van der Waals surface area contributed by atoms with Gasteiger partial charge in [-0.2, -0.15) is 0 Å². The maximum atomic E-state index is 11.7. The van der Waals surface area contributed by atoms with Crippen LogP contribution in [0.5, 0.6) is 0 Å². The van der Waals surface area contributed by atoms with Crippen molar-refractivity contribution < 1.29 is 9.53 Å². The minimum atomic E-state index is -0.435. The molecule has 1 aromatic carbocycles. The van der Waals surface area contributed by atoms with Crippen molar-refractivity contribution in [1.82, 2.24) is 20.2 Å². The van der Waals surface area contributed by atoms with Crippen LogP contribution in [0.25, 0.3) is 11.0 Å². The number of fused-ring (bicyclic) bond motifs is 1. The van der Waals surface area contributed by atoms with Gasteiger partial charge in [0.25, 0.3) is 0 Å². The third-order valence-electron chi connectivity index (χ3n) is 5.00. The second-order valence-electron chi connectivity index (χ2n) is 6.90. The van der Waals surface area contributed by atoms with Crippen molar-refractivity contribution in [3.8, 4) is 0 Å². The van der Waals surface area contributed by atoms with Crippen LogP contribution in [0.15, 0.2) is 30.3 Å². The molecule has 1 N–H and O–H groups in total. The SMILES string of the molecule is CCOC(=O)c1ccc(N2CCC(c3nc4ccc(C)cc4[nH]3)CC2)nn1. The summed E-state index contributed by atoms with van der Waals surface area (Å²) in [6.07, 6.45) is 2.00. The summed E-state index contributed by atoms with van der Waals surface area (Å²) in [5.74, 6) is 1.84. The summed E-state index contributed by atoms with van der Waals surface area (Å²) in [6.45, 7) is 5.96. The third kappa shape index (κ3) is 3.63. The summed E-state index contributed by atoms with van der Waals surface area (Å²) in [5.41, 5.74) is 3.61. The van der Waals surface area contributed by atoms with E-state index in [2.05, 4.69) is 45.2 Å². The van der Waals surface area contributed by atoms with Crippen LogP contribution in [0, 0.1) is 6.92 Å². The van der Waals surface area contributed by atoms with Gasteiger partial charge in [-0.15, -0.1) is 10.2 Å². The molecule has 3 heterocycles. The van der Waals surface area contributed by atoms with E-state index in [9.17, 15) is 4.79 Å². The number of rotatable bonds is 4. The number of aromatic amines is 1. The first-order valence-corrected chi connectivity index (χ1v) is 9.36. The zero-order valence-electron chi connectivity index (χ0n) is 15.6. The number of anilines is 1. The highest BCUT2D eigenvalue weighted by Crippen LogP contribution is 2.29. The Kier molecular flexibility index (Phi) is 4.75. The normalized spacial score (nSPS) is 15.3. The smallest absolute Gasteiger partial charge is 0.358 e. The minimum Gasteiger partial charge on any atom is -0.461 e. The molecule has 1 fully saturated rings. The lowest BCUT2D eigenvalue weighted by Gasteiger charge is -2.31. The number of ether oxygens (including phenoxy) is 1. The fourth-order valence-corrected chi connectivity index (χ4v) is 3.53. The lowest BCUT2D eigenvalue weighted by atomic mass is 9.96. The summed E-state index contributed by atoms with van der Waals surface area (Å²) in [6, 6.07) is 9.81. The number of piperidine rings is 1. The summed E-state index contributed by atoms with van der Waals surface area (Å²) >= 11 is 0. The number of imidazole rings is 1.